The van der Waals surface area contributed by atoms with Gasteiger partial charge in [-0.25, -0.2) is 0 Å². The van der Waals surface area contributed by atoms with Crippen molar-refractivity contribution in [3.05, 3.63) is 152 Å². The molecule has 0 amide bonds. The molecule has 0 atom stereocenters. The first-order valence-electron chi connectivity index (χ1n) is 14.5. The number of rotatable bonds is 4. The number of hydrogen-bond donors (Lipinski definition) is 0. The molecule has 0 N–H and O–H groups in total. The maximum Gasteiger partial charge on any atom is 0.144 e. The normalized spacial score (nSPS) is 11.7. The van der Waals surface area contributed by atoms with Crippen LogP contribution in [0.5, 0.6) is 0 Å². The number of hydrogen-bond acceptors (Lipinski definition) is 3. The van der Waals surface area contributed by atoms with Crippen molar-refractivity contribution in [2.45, 2.75) is 0 Å². The fourth-order valence-corrected chi connectivity index (χ4v) is 7.69. The number of fused-ring (bicyclic) bond motifs is 8. The van der Waals surface area contributed by atoms with Gasteiger partial charge in [0.1, 0.15) is 11.2 Å². The molecule has 0 aliphatic rings. The standard InChI is InChI=1S/C40H25NOS/c1-2-12-26(13-3-1)28-16-10-17-29(24-28)41(34-21-11-15-27-14-4-5-18-30(27)34)35-25-33-31-19-6-8-22-36(31)42-39(33)38-32-20-7-9-23-37(32)43-40(35)38/h1-25H. The molecule has 0 fully saturated rings. The Morgan fingerprint density at radius 3 is 2.09 bits per heavy atom. The first kappa shape index (κ1) is 24.2. The highest BCUT2D eigenvalue weighted by molar-refractivity contribution is 7.26. The van der Waals surface area contributed by atoms with E-state index in [0.717, 1.165) is 39.0 Å². The summed E-state index contributed by atoms with van der Waals surface area (Å²) in [5.74, 6) is 0. The minimum atomic E-state index is 0.911. The van der Waals surface area contributed by atoms with Gasteiger partial charge in [0.2, 0.25) is 0 Å². The zero-order valence-corrected chi connectivity index (χ0v) is 24.0. The molecule has 0 unspecified atom stereocenters. The monoisotopic (exact) mass is 567 g/mol. The summed E-state index contributed by atoms with van der Waals surface area (Å²) in [5.41, 5.74) is 7.66. The van der Waals surface area contributed by atoms with Crippen LogP contribution in [-0.2, 0) is 0 Å². The van der Waals surface area contributed by atoms with E-state index in [1.165, 1.54) is 42.1 Å². The number of thiophene rings is 1. The molecule has 0 saturated carbocycles. The van der Waals surface area contributed by atoms with Crippen molar-refractivity contribution < 1.29 is 4.42 Å². The molecule has 0 aliphatic carbocycles. The molecular formula is C40H25NOS. The fourth-order valence-electron chi connectivity index (χ4n) is 6.48. The van der Waals surface area contributed by atoms with Crippen molar-refractivity contribution in [2.24, 2.45) is 0 Å². The van der Waals surface area contributed by atoms with E-state index in [9.17, 15) is 0 Å². The first-order chi connectivity index (χ1) is 21.3. The van der Waals surface area contributed by atoms with Crippen LogP contribution in [-0.4, -0.2) is 0 Å². The Morgan fingerprint density at radius 2 is 1.19 bits per heavy atom. The van der Waals surface area contributed by atoms with Crippen molar-refractivity contribution in [1.29, 1.82) is 0 Å². The van der Waals surface area contributed by atoms with E-state index in [-0.39, 0.29) is 0 Å². The molecule has 9 rings (SSSR count). The van der Waals surface area contributed by atoms with Crippen molar-refractivity contribution in [3.63, 3.8) is 0 Å². The third kappa shape index (κ3) is 3.79. The summed E-state index contributed by atoms with van der Waals surface area (Å²) in [7, 11) is 0. The van der Waals surface area contributed by atoms with Gasteiger partial charge in [0.25, 0.3) is 0 Å². The average molecular weight is 568 g/mol. The van der Waals surface area contributed by atoms with E-state index >= 15 is 0 Å². The molecule has 0 aliphatic heterocycles. The van der Waals surface area contributed by atoms with Crippen molar-refractivity contribution in [3.8, 4) is 11.1 Å². The summed E-state index contributed by atoms with van der Waals surface area (Å²) in [5, 5.41) is 7.09. The Labute approximate surface area is 252 Å². The molecule has 0 saturated heterocycles. The van der Waals surface area contributed by atoms with E-state index in [2.05, 4.69) is 150 Å². The number of furan rings is 1. The molecule has 0 spiro atoms. The van der Waals surface area contributed by atoms with Crippen LogP contribution in [0.4, 0.5) is 17.1 Å². The molecule has 9 aromatic rings. The predicted molar refractivity (Wildman–Crippen MR) is 184 cm³/mol. The third-order valence-corrected chi connectivity index (χ3v) is 9.62. The molecule has 2 aromatic heterocycles. The van der Waals surface area contributed by atoms with Gasteiger partial charge in [0.05, 0.1) is 16.1 Å². The highest BCUT2D eigenvalue weighted by atomic mass is 32.1. The lowest BCUT2D eigenvalue weighted by molar-refractivity contribution is 0.673. The maximum atomic E-state index is 6.61. The lowest BCUT2D eigenvalue weighted by Gasteiger charge is -2.28. The van der Waals surface area contributed by atoms with Gasteiger partial charge in [-0.1, -0.05) is 115 Å². The zero-order valence-electron chi connectivity index (χ0n) is 23.2. The second-order valence-electron chi connectivity index (χ2n) is 10.9. The number of anilines is 3. The quantitative estimate of drug-likeness (QED) is 0.210. The first-order valence-corrected chi connectivity index (χ1v) is 15.3. The van der Waals surface area contributed by atoms with E-state index in [1.54, 1.807) is 0 Å². The summed E-state index contributed by atoms with van der Waals surface area (Å²) in [6.07, 6.45) is 0. The van der Waals surface area contributed by atoms with Crippen molar-refractivity contribution in [2.75, 3.05) is 4.90 Å². The van der Waals surface area contributed by atoms with Crippen LogP contribution in [0.15, 0.2) is 156 Å². The van der Waals surface area contributed by atoms with Crippen LogP contribution in [0.25, 0.3) is 64.0 Å². The van der Waals surface area contributed by atoms with Crippen LogP contribution >= 0.6 is 11.3 Å². The van der Waals surface area contributed by atoms with Gasteiger partial charge in [0.15, 0.2) is 0 Å². The van der Waals surface area contributed by atoms with E-state index in [1.807, 2.05) is 17.4 Å². The Hall–Kier alpha value is -5.38. The van der Waals surface area contributed by atoms with Gasteiger partial charge in [-0.05, 0) is 52.9 Å². The molecule has 202 valence electrons. The van der Waals surface area contributed by atoms with Gasteiger partial charge in [0, 0.05) is 37.3 Å². The van der Waals surface area contributed by atoms with Crippen LogP contribution in [0.1, 0.15) is 0 Å². The minimum absolute atomic E-state index is 0.911. The fraction of sp³-hybridized carbons (Fsp3) is 0. The molecule has 3 heteroatoms. The van der Waals surface area contributed by atoms with Crippen LogP contribution in [0.2, 0.25) is 0 Å². The van der Waals surface area contributed by atoms with Gasteiger partial charge < -0.3 is 9.32 Å². The van der Waals surface area contributed by atoms with Gasteiger partial charge in [-0.2, -0.15) is 0 Å². The minimum Gasteiger partial charge on any atom is -0.455 e. The summed E-state index contributed by atoms with van der Waals surface area (Å²) in [4.78, 5) is 2.45. The topological polar surface area (TPSA) is 16.4 Å². The smallest absolute Gasteiger partial charge is 0.144 e. The van der Waals surface area contributed by atoms with Gasteiger partial charge >= 0.3 is 0 Å². The Kier molecular flexibility index (Phi) is 5.40. The second kappa shape index (κ2) is 9.59. The highest BCUT2D eigenvalue weighted by Gasteiger charge is 2.24. The summed E-state index contributed by atoms with van der Waals surface area (Å²) < 4.78 is 9.08. The highest BCUT2D eigenvalue weighted by Crippen LogP contribution is 2.50. The summed E-state index contributed by atoms with van der Waals surface area (Å²) in [6, 6.07) is 54.2. The molecule has 0 radical (unpaired) electrons. The zero-order chi connectivity index (χ0) is 28.3. The van der Waals surface area contributed by atoms with Crippen LogP contribution < -0.4 is 4.90 Å². The van der Waals surface area contributed by atoms with E-state index in [4.69, 9.17) is 4.42 Å². The molecule has 0 bridgehead atoms. The summed E-state index contributed by atoms with van der Waals surface area (Å²) in [6.45, 7) is 0. The maximum absolute atomic E-state index is 6.61. The SMILES string of the molecule is c1ccc(-c2cccc(N(c3cccc4ccccc34)c3cc4c5ccccc5oc4c4c3sc3ccccc34)c2)cc1. The molecule has 7 aromatic carbocycles. The number of benzene rings is 7. The Bertz CT molecular complexity index is 2460. The lowest BCUT2D eigenvalue weighted by atomic mass is 10.0. The number of para-hydroxylation sites is 1. The molecule has 2 nitrogen and oxygen atoms in total. The molecular weight excluding hydrogens is 543 g/mol. The average Bonchev–Trinajstić information content (AvgIpc) is 3.64. The van der Waals surface area contributed by atoms with Crippen molar-refractivity contribution >= 4 is 81.3 Å². The van der Waals surface area contributed by atoms with Crippen molar-refractivity contribution in [1.82, 2.24) is 0 Å². The number of nitrogens with zero attached hydrogens (tertiary/aromatic N) is 1. The molecule has 2 heterocycles. The van der Waals surface area contributed by atoms with Gasteiger partial charge in [-0.15, -0.1) is 11.3 Å². The largest absolute Gasteiger partial charge is 0.455 e. The van der Waals surface area contributed by atoms with Gasteiger partial charge in [-0.3, -0.25) is 0 Å². The van der Waals surface area contributed by atoms with Crippen LogP contribution in [0, 0.1) is 0 Å². The summed E-state index contributed by atoms with van der Waals surface area (Å²) >= 11 is 1.84. The van der Waals surface area contributed by atoms with E-state index in [0.29, 0.717) is 0 Å². The Balaban J connectivity index is 1.43. The second-order valence-corrected chi connectivity index (χ2v) is 12.0. The lowest BCUT2D eigenvalue weighted by Crippen LogP contribution is -2.11. The third-order valence-electron chi connectivity index (χ3n) is 8.43. The molecule has 43 heavy (non-hydrogen) atoms. The van der Waals surface area contributed by atoms with E-state index < -0.39 is 0 Å². The van der Waals surface area contributed by atoms with Crippen LogP contribution in [0.3, 0.4) is 0 Å². The predicted octanol–water partition coefficient (Wildman–Crippen LogP) is 12.2. The Morgan fingerprint density at radius 1 is 0.488 bits per heavy atom.